The minimum Gasteiger partial charge on any atom is -0.491 e. The number of anilines is 2. The number of carbonyl (C=O) groups is 2. The second-order valence-electron chi connectivity index (χ2n) is 3.76. The lowest BCUT2D eigenvalue weighted by Crippen LogP contribution is -2.11. The van der Waals surface area contributed by atoms with Crippen LogP contribution in [0.5, 0.6) is 5.75 Å². The minimum atomic E-state index is -0.0808. The van der Waals surface area contributed by atoms with E-state index in [2.05, 4.69) is 10.6 Å². The van der Waals surface area contributed by atoms with Gasteiger partial charge in [0.15, 0.2) is 0 Å². The van der Waals surface area contributed by atoms with Crippen molar-refractivity contribution in [1.82, 2.24) is 0 Å². The summed E-state index contributed by atoms with van der Waals surface area (Å²) in [5.41, 5.74) is 1.25. The van der Waals surface area contributed by atoms with E-state index in [1.165, 1.54) is 0 Å². The normalized spacial score (nSPS) is 14.1. The van der Waals surface area contributed by atoms with E-state index >= 15 is 0 Å². The fraction of sp³-hybridized carbons (Fsp3) is 0.333. The molecular weight excluding hydrogens is 220 g/mol. The first kappa shape index (κ1) is 11.4. The van der Waals surface area contributed by atoms with Gasteiger partial charge in [-0.05, 0) is 18.2 Å². The summed E-state index contributed by atoms with van der Waals surface area (Å²) < 4.78 is 5.41. The van der Waals surface area contributed by atoms with Gasteiger partial charge in [-0.15, -0.1) is 0 Å². The fourth-order valence-corrected chi connectivity index (χ4v) is 1.55. The van der Waals surface area contributed by atoms with Crippen LogP contribution in [0.25, 0.3) is 0 Å². The van der Waals surface area contributed by atoms with Gasteiger partial charge in [-0.25, -0.2) is 0 Å². The van der Waals surface area contributed by atoms with Crippen LogP contribution in [-0.2, 0) is 9.59 Å². The molecule has 5 heteroatoms. The second-order valence-corrected chi connectivity index (χ2v) is 3.76. The summed E-state index contributed by atoms with van der Waals surface area (Å²) in [6, 6.07) is 5.20. The maximum atomic E-state index is 11.4. The Balaban J connectivity index is 2.23. The monoisotopic (exact) mass is 234 g/mol. The lowest BCUT2D eigenvalue weighted by Gasteiger charge is -2.09. The first-order valence-corrected chi connectivity index (χ1v) is 5.55. The molecule has 0 fully saturated rings. The zero-order valence-corrected chi connectivity index (χ0v) is 9.58. The minimum absolute atomic E-state index is 0.0641. The molecule has 2 rings (SSSR count). The molecule has 0 bridgehead atoms. The topological polar surface area (TPSA) is 67.4 Å². The van der Waals surface area contributed by atoms with Crippen molar-refractivity contribution in [3.8, 4) is 5.75 Å². The largest absolute Gasteiger partial charge is 0.491 e. The van der Waals surface area contributed by atoms with Gasteiger partial charge in [0, 0.05) is 12.1 Å². The second kappa shape index (κ2) is 4.86. The number of hydrogen-bond donors (Lipinski definition) is 2. The Kier molecular flexibility index (Phi) is 3.27. The first-order valence-electron chi connectivity index (χ1n) is 5.55. The van der Waals surface area contributed by atoms with Crippen LogP contribution in [0.2, 0.25) is 0 Å². The molecule has 0 saturated carbocycles. The molecule has 2 N–H and O–H groups in total. The number of rotatable bonds is 2. The Morgan fingerprint density at radius 2 is 2.35 bits per heavy atom. The molecule has 2 amide bonds. The van der Waals surface area contributed by atoms with E-state index in [1.807, 2.05) is 0 Å². The lowest BCUT2D eigenvalue weighted by atomic mass is 10.2. The quantitative estimate of drug-likeness (QED) is 0.819. The molecular formula is C12H14N2O3. The number of hydrogen-bond acceptors (Lipinski definition) is 3. The summed E-state index contributed by atoms with van der Waals surface area (Å²) in [5, 5.41) is 5.47. The standard InChI is InChI=1S/C12H14N2O3/c1-2-11(15)13-8-3-4-10-9(7-8)14-12(16)5-6-17-10/h3-4,7H,2,5-6H2,1H3,(H,13,15)(H,14,16). The van der Waals surface area contributed by atoms with Crippen molar-refractivity contribution in [2.45, 2.75) is 19.8 Å². The summed E-state index contributed by atoms with van der Waals surface area (Å²) in [4.78, 5) is 22.6. The highest BCUT2D eigenvalue weighted by atomic mass is 16.5. The van der Waals surface area contributed by atoms with Crippen LogP contribution in [0.4, 0.5) is 11.4 Å². The van der Waals surface area contributed by atoms with Crippen molar-refractivity contribution >= 4 is 23.2 Å². The third-order valence-corrected chi connectivity index (χ3v) is 2.45. The van der Waals surface area contributed by atoms with E-state index in [9.17, 15) is 9.59 Å². The number of benzene rings is 1. The Bertz CT molecular complexity index is 457. The summed E-state index contributed by atoms with van der Waals surface area (Å²) in [7, 11) is 0. The molecule has 0 atom stereocenters. The molecule has 1 aromatic rings. The van der Waals surface area contributed by atoms with Crippen molar-refractivity contribution in [3.63, 3.8) is 0 Å². The molecule has 1 aliphatic heterocycles. The number of nitrogens with one attached hydrogen (secondary N) is 2. The highest BCUT2D eigenvalue weighted by molar-refractivity contribution is 5.95. The van der Waals surface area contributed by atoms with E-state index in [-0.39, 0.29) is 11.8 Å². The zero-order valence-electron chi connectivity index (χ0n) is 9.58. The summed E-state index contributed by atoms with van der Waals surface area (Å²) in [5.74, 6) is 0.485. The van der Waals surface area contributed by atoms with Crippen molar-refractivity contribution in [1.29, 1.82) is 0 Å². The summed E-state index contributed by atoms with van der Waals surface area (Å²) in [6.45, 7) is 2.16. The zero-order chi connectivity index (χ0) is 12.3. The Labute approximate surface area is 99.2 Å². The van der Waals surface area contributed by atoms with Crippen LogP contribution < -0.4 is 15.4 Å². The number of carbonyl (C=O) groups excluding carboxylic acids is 2. The van der Waals surface area contributed by atoms with Crippen LogP contribution in [-0.4, -0.2) is 18.4 Å². The van der Waals surface area contributed by atoms with Gasteiger partial charge >= 0.3 is 0 Å². The molecule has 0 saturated heterocycles. The maximum absolute atomic E-state index is 11.4. The highest BCUT2D eigenvalue weighted by Crippen LogP contribution is 2.30. The van der Waals surface area contributed by atoms with Gasteiger partial charge in [-0.1, -0.05) is 6.92 Å². The molecule has 5 nitrogen and oxygen atoms in total. The molecule has 0 aliphatic carbocycles. The van der Waals surface area contributed by atoms with Crippen LogP contribution in [0.15, 0.2) is 18.2 Å². The van der Waals surface area contributed by atoms with E-state index in [0.717, 1.165) is 0 Å². The first-order chi connectivity index (χ1) is 8.19. The SMILES string of the molecule is CCC(=O)Nc1ccc2c(c1)NC(=O)CCO2. The van der Waals surface area contributed by atoms with E-state index in [4.69, 9.17) is 4.74 Å². The molecule has 0 unspecified atom stereocenters. The Morgan fingerprint density at radius 3 is 3.12 bits per heavy atom. The predicted octanol–water partition coefficient (Wildman–Crippen LogP) is 1.76. The van der Waals surface area contributed by atoms with Crippen molar-refractivity contribution in [3.05, 3.63) is 18.2 Å². The molecule has 1 heterocycles. The van der Waals surface area contributed by atoms with Crippen LogP contribution in [0.3, 0.4) is 0 Å². The number of ether oxygens (including phenoxy) is 1. The molecule has 17 heavy (non-hydrogen) atoms. The van der Waals surface area contributed by atoms with Gasteiger partial charge in [0.25, 0.3) is 0 Å². The van der Waals surface area contributed by atoms with Gasteiger partial charge in [-0.2, -0.15) is 0 Å². The van der Waals surface area contributed by atoms with Gasteiger partial charge in [0.2, 0.25) is 11.8 Å². The van der Waals surface area contributed by atoms with Gasteiger partial charge < -0.3 is 15.4 Å². The predicted molar refractivity (Wildman–Crippen MR) is 64.1 cm³/mol. The molecule has 0 aromatic heterocycles. The van der Waals surface area contributed by atoms with Crippen LogP contribution >= 0.6 is 0 Å². The van der Waals surface area contributed by atoms with Crippen LogP contribution in [0.1, 0.15) is 19.8 Å². The van der Waals surface area contributed by atoms with Gasteiger partial charge in [-0.3, -0.25) is 9.59 Å². The average Bonchev–Trinajstić information content (AvgIpc) is 2.49. The lowest BCUT2D eigenvalue weighted by molar-refractivity contribution is -0.117. The van der Waals surface area contributed by atoms with E-state index in [1.54, 1.807) is 25.1 Å². The number of amides is 2. The molecule has 0 spiro atoms. The average molecular weight is 234 g/mol. The van der Waals surface area contributed by atoms with E-state index < -0.39 is 0 Å². The summed E-state index contributed by atoms with van der Waals surface area (Å²) in [6.07, 6.45) is 0.755. The van der Waals surface area contributed by atoms with Gasteiger partial charge in [0.05, 0.1) is 18.7 Å². The summed E-state index contributed by atoms with van der Waals surface area (Å²) >= 11 is 0. The van der Waals surface area contributed by atoms with Crippen molar-refractivity contribution in [2.24, 2.45) is 0 Å². The fourth-order valence-electron chi connectivity index (χ4n) is 1.55. The third-order valence-electron chi connectivity index (χ3n) is 2.45. The Hall–Kier alpha value is -2.04. The molecule has 1 aliphatic rings. The molecule has 90 valence electrons. The smallest absolute Gasteiger partial charge is 0.227 e. The highest BCUT2D eigenvalue weighted by Gasteiger charge is 2.14. The van der Waals surface area contributed by atoms with Crippen molar-refractivity contribution in [2.75, 3.05) is 17.2 Å². The Morgan fingerprint density at radius 1 is 1.53 bits per heavy atom. The molecule has 1 aromatic carbocycles. The van der Waals surface area contributed by atoms with E-state index in [0.29, 0.717) is 36.6 Å². The van der Waals surface area contributed by atoms with Crippen molar-refractivity contribution < 1.29 is 14.3 Å². The third kappa shape index (κ3) is 2.75. The maximum Gasteiger partial charge on any atom is 0.227 e. The number of fused-ring (bicyclic) bond motifs is 1. The van der Waals surface area contributed by atoms with Crippen LogP contribution in [0, 0.1) is 0 Å². The molecule has 0 radical (unpaired) electrons. The van der Waals surface area contributed by atoms with Gasteiger partial charge in [0.1, 0.15) is 5.75 Å².